The van der Waals surface area contributed by atoms with Gasteiger partial charge in [-0.25, -0.2) is 0 Å². The van der Waals surface area contributed by atoms with Crippen molar-refractivity contribution in [3.05, 3.63) is 65.2 Å². The molecule has 0 amide bonds. The van der Waals surface area contributed by atoms with Crippen molar-refractivity contribution in [2.45, 2.75) is 38.3 Å². The molecule has 0 aliphatic carbocycles. The first-order valence-corrected chi connectivity index (χ1v) is 9.48. The van der Waals surface area contributed by atoms with Gasteiger partial charge in [-0.1, -0.05) is 42.5 Å². The minimum Gasteiger partial charge on any atom is -0.466 e. The molecule has 2 heterocycles. The molecule has 3 atom stereocenters. The van der Waals surface area contributed by atoms with Gasteiger partial charge in [-0.05, 0) is 37.0 Å². The maximum Gasteiger partial charge on any atom is 0.310 e. The first-order valence-electron chi connectivity index (χ1n) is 9.48. The normalized spacial score (nSPS) is 24.1. The smallest absolute Gasteiger partial charge is 0.310 e. The Morgan fingerprint density at radius 3 is 2.88 bits per heavy atom. The zero-order valence-corrected chi connectivity index (χ0v) is 15.1. The molecule has 1 N–H and O–H groups in total. The van der Waals surface area contributed by atoms with Crippen LogP contribution in [0.2, 0.25) is 0 Å². The van der Waals surface area contributed by atoms with Gasteiger partial charge < -0.3 is 14.8 Å². The highest BCUT2D eigenvalue weighted by atomic mass is 16.5. The van der Waals surface area contributed by atoms with Gasteiger partial charge >= 0.3 is 5.97 Å². The third-order valence-electron chi connectivity index (χ3n) is 5.34. The van der Waals surface area contributed by atoms with E-state index < -0.39 is 0 Å². The summed E-state index contributed by atoms with van der Waals surface area (Å²) < 4.78 is 11.3. The van der Waals surface area contributed by atoms with E-state index >= 15 is 0 Å². The standard InChI is InChI=1S/C22H25NO3/c1-2-25-20(24)14-15-10-11-19-18(13-15)22-17(9-6-12-26-22)21(23-19)16-7-4-3-5-8-16/h3-5,7-8,10-11,13,17,21-23H,2,6,9,12,14H2,1H3/t17?,21-,22?/m0/s1. The topological polar surface area (TPSA) is 47.6 Å². The molecule has 2 aromatic carbocycles. The largest absolute Gasteiger partial charge is 0.466 e. The molecule has 1 fully saturated rings. The molecule has 4 rings (SSSR count). The minimum absolute atomic E-state index is 0.0763. The van der Waals surface area contributed by atoms with Gasteiger partial charge in [-0.15, -0.1) is 0 Å². The van der Waals surface area contributed by atoms with Crippen LogP contribution in [0.1, 0.15) is 48.6 Å². The van der Waals surface area contributed by atoms with Crippen LogP contribution in [0, 0.1) is 5.92 Å². The molecule has 0 spiro atoms. The SMILES string of the molecule is CCOC(=O)Cc1ccc2c(c1)C1OCCCC1[C@H](c1ccccc1)N2. The fourth-order valence-electron chi connectivity index (χ4n) is 4.20. The second-order valence-electron chi connectivity index (χ2n) is 7.03. The Balaban J connectivity index is 1.65. The Bertz CT molecular complexity index is 774. The molecule has 4 nitrogen and oxygen atoms in total. The van der Waals surface area contributed by atoms with Crippen molar-refractivity contribution in [2.75, 3.05) is 18.5 Å². The molecule has 0 radical (unpaired) electrons. The number of nitrogens with one attached hydrogen (secondary N) is 1. The highest BCUT2D eigenvalue weighted by Crippen LogP contribution is 2.49. The lowest BCUT2D eigenvalue weighted by atomic mass is 9.77. The minimum atomic E-state index is -0.181. The van der Waals surface area contributed by atoms with E-state index in [1.807, 2.05) is 13.0 Å². The van der Waals surface area contributed by atoms with E-state index in [1.165, 1.54) is 11.1 Å². The first kappa shape index (κ1) is 17.1. The average Bonchev–Trinajstić information content (AvgIpc) is 2.68. The number of esters is 1. The zero-order chi connectivity index (χ0) is 17.9. The fraction of sp³-hybridized carbons (Fsp3) is 0.409. The highest BCUT2D eigenvalue weighted by molar-refractivity contribution is 5.73. The molecule has 2 aromatic rings. The Morgan fingerprint density at radius 1 is 1.23 bits per heavy atom. The summed E-state index contributed by atoms with van der Waals surface area (Å²) in [4.78, 5) is 11.8. The van der Waals surface area contributed by atoms with Gasteiger partial charge in [0, 0.05) is 23.8 Å². The van der Waals surface area contributed by atoms with Crippen LogP contribution in [-0.4, -0.2) is 19.2 Å². The number of fused-ring (bicyclic) bond motifs is 3. The van der Waals surface area contributed by atoms with Crippen LogP contribution < -0.4 is 5.32 Å². The molecule has 0 saturated carbocycles. The predicted molar refractivity (Wildman–Crippen MR) is 101 cm³/mol. The van der Waals surface area contributed by atoms with E-state index in [4.69, 9.17) is 9.47 Å². The predicted octanol–water partition coefficient (Wildman–Crippen LogP) is 4.43. The van der Waals surface area contributed by atoms with E-state index in [9.17, 15) is 4.79 Å². The van der Waals surface area contributed by atoms with Crippen LogP contribution in [0.3, 0.4) is 0 Å². The van der Waals surface area contributed by atoms with E-state index in [1.54, 1.807) is 0 Å². The van der Waals surface area contributed by atoms with Gasteiger partial charge in [0.25, 0.3) is 0 Å². The Labute approximate surface area is 154 Å². The quantitative estimate of drug-likeness (QED) is 0.828. The second kappa shape index (κ2) is 7.50. The lowest BCUT2D eigenvalue weighted by molar-refractivity contribution is -0.142. The maximum absolute atomic E-state index is 11.8. The van der Waals surface area contributed by atoms with Crippen molar-refractivity contribution < 1.29 is 14.3 Å². The number of hydrogen-bond donors (Lipinski definition) is 1. The molecule has 0 aromatic heterocycles. The summed E-state index contributed by atoms with van der Waals surface area (Å²) in [5, 5.41) is 3.72. The second-order valence-corrected chi connectivity index (χ2v) is 7.03. The number of rotatable bonds is 4. The first-order chi connectivity index (χ1) is 12.8. The lowest BCUT2D eigenvalue weighted by Crippen LogP contribution is -2.36. The Morgan fingerprint density at radius 2 is 2.08 bits per heavy atom. The van der Waals surface area contributed by atoms with Crippen LogP contribution in [0.4, 0.5) is 5.69 Å². The van der Waals surface area contributed by atoms with Gasteiger partial charge in [0.2, 0.25) is 0 Å². The summed E-state index contributed by atoms with van der Waals surface area (Å²) >= 11 is 0. The molecule has 2 unspecified atom stereocenters. The van der Waals surface area contributed by atoms with Crippen molar-refractivity contribution in [1.82, 2.24) is 0 Å². The van der Waals surface area contributed by atoms with Crippen LogP contribution in [-0.2, 0) is 20.7 Å². The van der Waals surface area contributed by atoms with Gasteiger partial charge in [-0.2, -0.15) is 0 Å². The number of anilines is 1. The van der Waals surface area contributed by atoms with Crippen LogP contribution in [0.15, 0.2) is 48.5 Å². The third-order valence-corrected chi connectivity index (χ3v) is 5.34. The number of carbonyl (C=O) groups is 1. The Kier molecular flexibility index (Phi) is 4.93. The summed E-state index contributed by atoms with van der Waals surface area (Å²) in [5.41, 5.74) is 4.56. The summed E-state index contributed by atoms with van der Waals surface area (Å²) in [6.45, 7) is 3.04. The van der Waals surface area contributed by atoms with Gasteiger partial charge in [0.1, 0.15) is 0 Å². The monoisotopic (exact) mass is 351 g/mol. The third kappa shape index (κ3) is 3.34. The molecule has 1 saturated heterocycles. The molecule has 2 aliphatic heterocycles. The molecule has 26 heavy (non-hydrogen) atoms. The summed E-state index contributed by atoms with van der Waals surface area (Å²) in [6.07, 6.45) is 2.61. The van der Waals surface area contributed by atoms with Crippen LogP contribution >= 0.6 is 0 Å². The summed E-state index contributed by atoms with van der Waals surface area (Å²) in [5.74, 6) is 0.219. The summed E-state index contributed by atoms with van der Waals surface area (Å²) in [6, 6.07) is 17.1. The highest BCUT2D eigenvalue weighted by Gasteiger charge is 2.39. The van der Waals surface area contributed by atoms with Crippen molar-refractivity contribution in [2.24, 2.45) is 5.92 Å². The molecule has 4 heteroatoms. The van der Waals surface area contributed by atoms with Crippen LogP contribution in [0.25, 0.3) is 0 Å². The number of ether oxygens (including phenoxy) is 2. The van der Waals surface area contributed by atoms with E-state index in [-0.39, 0.29) is 18.1 Å². The maximum atomic E-state index is 11.8. The summed E-state index contributed by atoms with van der Waals surface area (Å²) in [7, 11) is 0. The van der Waals surface area contributed by atoms with Gasteiger partial charge in [0.05, 0.1) is 25.2 Å². The average molecular weight is 351 g/mol. The fourth-order valence-corrected chi connectivity index (χ4v) is 4.20. The number of carbonyl (C=O) groups excluding carboxylic acids is 1. The van der Waals surface area contributed by atoms with Crippen molar-refractivity contribution in [3.63, 3.8) is 0 Å². The molecule has 2 aliphatic rings. The van der Waals surface area contributed by atoms with Gasteiger partial charge in [0.15, 0.2) is 0 Å². The molecule has 136 valence electrons. The molecule has 0 bridgehead atoms. The number of benzene rings is 2. The lowest BCUT2D eigenvalue weighted by Gasteiger charge is -2.43. The van der Waals surface area contributed by atoms with E-state index in [2.05, 4.69) is 47.8 Å². The van der Waals surface area contributed by atoms with Crippen molar-refractivity contribution in [3.8, 4) is 0 Å². The zero-order valence-electron chi connectivity index (χ0n) is 15.1. The van der Waals surface area contributed by atoms with E-state index in [0.717, 1.165) is 30.7 Å². The van der Waals surface area contributed by atoms with Crippen molar-refractivity contribution in [1.29, 1.82) is 0 Å². The Hall–Kier alpha value is -2.33. The molecular formula is C22H25NO3. The number of hydrogen-bond acceptors (Lipinski definition) is 4. The van der Waals surface area contributed by atoms with Gasteiger partial charge in [-0.3, -0.25) is 4.79 Å². The van der Waals surface area contributed by atoms with E-state index in [0.29, 0.717) is 18.9 Å². The molecular weight excluding hydrogens is 326 g/mol. The van der Waals surface area contributed by atoms with Crippen LogP contribution in [0.5, 0.6) is 0 Å². The van der Waals surface area contributed by atoms with Crippen molar-refractivity contribution >= 4 is 11.7 Å².